The summed E-state index contributed by atoms with van der Waals surface area (Å²) in [6, 6.07) is 7.06. The molecular formula is C19H29FN4O2. The van der Waals surface area contributed by atoms with E-state index in [2.05, 4.69) is 15.5 Å². The maximum atomic E-state index is 13.7. The predicted octanol–water partition coefficient (Wildman–Crippen LogP) is 0.973. The van der Waals surface area contributed by atoms with Crippen LogP contribution in [0.1, 0.15) is 24.8 Å². The van der Waals surface area contributed by atoms with Gasteiger partial charge in [-0.3, -0.25) is 19.4 Å². The molecular weight excluding hydrogens is 335 g/mol. The minimum absolute atomic E-state index is 0.0429. The molecule has 0 bridgehead atoms. The summed E-state index contributed by atoms with van der Waals surface area (Å²) in [5, 5.41) is 5.61. The van der Waals surface area contributed by atoms with E-state index in [-0.39, 0.29) is 36.3 Å². The number of likely N-dealkylation sites (N-methyl/N-ethyl adjacent to an activating group) is 2. The molecule has 144 valence electrons. The Morgan fingerprint density at radius 3 is 2.62 bits per heavy atom. The van der Waals surface area contributed by atoms with Crippen molar-refractivity contribution in [2.45, 2.75) is 37.9 Å². The first-order valence-corrected chi connectivity index (χ1v) is 9.02. The zero-order valence-corrected chi connectivity index (χ0v) is 15.8. The number of nitrogens with zero attached hydrogens (tertiary/aromatic N) is 2. The molecule has 2 N–H and O–H groups in total. The summed E-state index contributed by atoms with van der Waals surface area (Å²) < 4.78 is 13.7. The van der Waals surface area contributed by atoms with Crippen molar-refractivity contribution in [1.82, 2.24) is 20.4 Å². The summed E-state index contributed by atoms with van der Waals surface area (Å²) in [5.41, 5.74) is 0.579. The van der Waals surface area contributed by atoms with Crippen molar-refractivity contribution >= 4 is 11.8 Å². The molecule has 1 aliphatic rings. The minimum atomic E-state index is -0.255. The van der Waals surface area contributed by atoms with Crippen LogP contribution in [0.3, 0.4) is 0 Å². The Labute approximate surface area is 154 Å². The van der Waals surface area contributed by atoms with Crippen molar-refractivity contribution in [1.29, 1.82) is 0 Å². The lowest BCUT2D eigenvalue weighted by atomic mass is 10.1. The van der Waals surface area contributed by atoms with Crippen molar-refractivity contribution in [3.63, 3.8) is 0 Å². The molecule has 1 saturated heterocycles. The van der Waals surface area contributed by atoms with Crippen LogP contribution in [0.4, 0.5) is 4.39 Å². The number of benzene rings is 1. The Morgan fingerprint density at radius 2 is 1.92 bits per heavy atom. The normalized spacial score (nSPS) is 20.3. The molecule has 1 heterocycles. The SMILES string of the molecule is CNC(=O)C[C@H]1CC[C@@H](CNC(=O)CN(C)Cc2ccccc2F)N1C. The van der Waals surface area contributed by atoms with Gasteiger partial charge in [0.15, 0.2) is 0 Å². The Hall–Kier alpha value is -1.99. The zero-order valence-electron chi connectivity index (χ0n) is 15.8. The summed E-state index contributed by atoms with van der Waals surface area (Å²) in [5.74, 6) is -0.289. The molecule has 26 heavy (non-hydrogen) atoms. The summed E-state index contributed by atoms with van der Waals surface area (Å²) in [4.78, 5) is 27.7. The fraction of sp³-hybridized carbons (Fsp3) is 0.579. The number of carbonyl (C=O) groups excluding carboxylic acids is 2. The number of rotatable bonds is 8. The van der Waals surface area contributed by atoms with Gasteiger partial charge in [-0.1, -0.05) is 18.2 Å². The van der Waals surface area contributed by atoms with E-state index in [0.717, 1.165) is 12.8 Å². The number of carbonyl (C=O) groups is 2. The summed E-state index contributed by atoms with van der Waals surface area (Å²) in [7, 11) is 5.45. The maximum absolute atomic E-state index is 13.7. The van der Waals surface area contributed by atoms with Gasteiger partial charge in [-0.15, -0.1) is 0 Å². The fourth-order valence-corrected chi connectivity index (χ4v) is 3.40. The van der Waals surface area contributed by atoms with E-state index in [4.69, 9.17) is 0 Å². The number of amides is 2. The van der Waals surface area contributed by atoms with Gasteiger partial charge in [0.1, 0.15) is 5.82 Å². The summed E-state index contributed by atoms with van der Waals surface area (Å²) in [6.45, 7) is 1.16. The quantitative estimate of drug-likeness (QED) is 0.722. The molecule has 1 aromatic carbocycles. The first-order chi connectivity index (χ1) is 12.4. The van der Waals surface area contributed by atoms with Gasteiger partial charge in [0.05, 0.1) is 6.54 Å². The molecule has 0 spiro atoms. The molecule has 6 nitrogen and oxygen atoms in total. The highest BCUT2D eigenvalue weighted by atomic mass is 19.1. The average molecular weight is 364 g/mol. The molecule has 2 rings (SSSR count). The number of halogens is 1. The number of nitrogens with one attached hydrogen (secondary N) is 2. The van der Waals surface area contributed by atoms with Crippen molar-refractivity contribution < 1.29 is 14.0 Å². The predicted molar refractivity (Wildman–Crippen MR) is 99.0 cm³/mol. The van der Waals surface area contributed by atoms with Gasteiger partial charge in [-0.25, -0.2) is 4.39 Å². The van der Waals surface area contributed by atoms with Gasteiger partial charge in [0.25, 0.3) is 0 Å². The minimum Gasteiger partial charge on any atom is -0.359 e. The number of hydrogen-bond donors (Lipinski definition) is 2. The van der Waals surface area contributed by atoms with Crippen LogP contribution in [-0.2, 0) is 16.1 Å². The molecule has 2 amide bonds. The second kappa shape index (κ2) is 9.64. The summed E-state index contributed by atoms with van der Waals surface area (Å²) >= 11 is 0. The standard InChI is InChI=1S/C19H29FN4O2/c1-21-18(25)10-15-8-9-16(24(15)3)11-22-19(26)13-23(2)12-14-6-4-5-7-17(14)20/h4-7,15-16H,8-13H2,1-3H3,(H,21,25)(H,22,26)/t15-,16+/m1/s1. The third-order valence-electron chi connectivity index (χ3n) is 5.03. The van der Waals surface area contributed by atoms with Crippen molar-refractivity contribution in [2.75, 3.05) is 34.2 Å². The van der Waals surface area contributed by atoms with E-state index in [1.807, 2.05) is 7.05 Å². The van der Waals surface area contributed by atoms with Crippen LogP contribution in [0.25, 0.3) is 0 Å². The highest BCUT2D eigenvalue weighted by Crippen LogP contribution is 2.24. The van der Waals surface area contributed by atoms with E-state index in [0.29, 0.717) is 25.1 Å². The molecule has 0 aromatic heterocycles. The fourth-order valence-electron chi connectivity index (χ4n) is 3.40. The van der Waals surface area contributed by atoms with Gasteiger partial charge in [0.2, 0.25) is 11.8 Å². The second-order valence-electron chi connectivity index (χ2n) is 7.00. The first-order valence-electron chi connectivity index (χ1n) is 9.02. The van der Waals surface area contributed by atoms with Gasteiger partial charge in [-0.2, -0.15) is 0 Å². The topological polar surface area (TPSA) is 64.7 Å². The van der Waals surface area contributed by atoms with Crippen LogP contribution in [0.15, 0.2) is 24.3 Å². The zero-order chi connectivity index (χ0) is 19.1. The average Bonchev–Trinajstić information content (AvgIpc) is 2.95. The van der Waals surface area contributed by atoms with Crippen LogP contribution < -0.4 is 10.6 Å². The van der Waals surface area contributed by atoms with E-state index >= 15 is 0 Å². The van der Waals surface area contributed by atoms with E-state index < -0.39 is 0 Å². The molecule has 0 unspecified atom stereocenters. The molecule has 1 aliphatic heterocycles. The van der Waals surface area contributed by atoms with Crippen molar-refractivity contribution in [2.24, 2.45) is 0 Å². The summed E-state index contributed by atoms with van der Waals surface area (Å²) in [6.07, 6.45) is 2.41. The Morgan fingerprint density at radius 1 is 1.23 bits per heavy atom. The first kappa shape index (κ1) is 20.3. The van der Waals surface area contributed by atoms with Gasteiger partial charge in [-0.05, 0) is 33.0 Å². The Balaban J connectivity index is 1.73. The maximum Gasteiger partial charge on any atom is 0.234 e. The highest BCUT2D eigenvalue weighted by molar-refractivity contribution is 5.78. The molecule has 0 saturated carbocycles. The highest BCUT2D eigenvalue weighted by Gasteiger charge is 2.31. The van der Waals surface area contributed by atoms with Crippen LogP contribution >= 0.6 is 0 Å². The van der Waals surface area contributed by atoms with Gasteiger partial charge < -0.3 is 10.6 Å². The third kappa shape index (κ3) is 5.78. The van der Waals surface area contributed by atoms with Gasteiger partial charge >= 0.3 is 0 Å². The Kier molecular flexibility index (Phi) is 7.53. The van der Waals surface area contributed by atoms with Crippen molar-refractivity contribution in [3.8, 4) is 0 Å². The lowest BCUT2D eigenvalue weighted by Crippen LogP contribution is -2.44. The lowest BCUT2D eigenvalue weighted by molar-refractivity contribution is -0.123. The molecule has 0 radical (unpaired) electrons. The Bertz CT molecular complexity index is 625. The van der Waals surface area contributed by atoms with E-state index in [9.17, 15) is 14.0 Å². The molecule has 2 atom stereocenters. The largest absolute Gasteiger partial charge is 0.359 e. The molecule has 0 aliphatic carbocycles. The molecule has 7 heteroatoms. The lowest BCUT2D eigenvalue weighted by Gasteiger charge is -2.26. The molecule has 1 aromatic rings. The van der Waals surface area contributed by atoms with Crippen LogP contribution in [-0.4, -0.2) is 67.9 Å². The monoisotopic (exact) mass is 364 g/mol. The van der Waals surface area contributed by atoms with Crippen LogP contribution in [0.5, 0.6) is 0 Å². The number of hydrogen-bond acceptors (Lipinski definition) is 4. The van der Waals surface area contributed by atoms with Gasteiger partial charge in [0, 0.05) is 44.2 Å². The number of likely N-dealkylation sites (tertiary alicyclic amines) is 1. The van der Waals surface area contributed by atoms with Crippen molar-refractivity contribution in [3.05, 3.63) is 35.6 Å². The van der Waals surface area contributed by atoms with Crippen LogP contribution in [0, 0.1) is 5.82 Å². The molecule has 1 fully saturated rings. The van der Waals surface area contributed by atoms with E-state index in [1.54, 1.807) is 37.2 Å². The van der Waals surface area contributed by atoms with E-state index in [1.165, 1.54) is 6.07 Å². The smallest absolute Gasteiger partial charge is 0.234 e. The second-order valence-corrected chi connectivity index (χ2v) is 7.00. The third-order valence-corrected chi connectivity index (χ3v) is 5.03. The van der Waals surface area contributed by atoms with Crippen LogP contribution in [0.2, 0.25) is 0 Å².